The number of carbonyl (C=O) groups is 4. The van der Waals surface area contributed by atoms with Crippen LogP contribution in [0.5, 0.6) is 11.5 Å². The highest BCUT2D eigenvalue weighted by Gasteiger charge is 2.34. The quantitative estimate of drug-likeness (QED) is 0.616. The van der Waals surface area contributed by atoms with E-state index in [1.54, 1.807) is 6.92 Å². The monoisotopic (exact) mass is 476 g/mol. The summed E-state index contributed by atoms with van der Waals surface area (Å²) in [6.45, 7) is 2.89. The zero-order chi connectivity index (χ0) is 24.7. The van der Waals surface area contributed by atoms with Crippen molar-refractivity contribution in [3.05, 3.63) is 18.0 Å². The molecule has 10 heteroatoms. The summed E-state index contributed by atoms with van der Waals surface area (Å²) in [5, 5.41) is 2.64. The van der Waals surface area contributed by atoms with E-state index in [0.717, 1.165) is 25.7 Å². The minimum atomic E-state index is -0.933. The largest absolute Gasteiger partial charge is 0.493 e. The second-order valence-electron chi connectivity index (χ2n) is 8.69. The lowest BCUT2D eigenvalue weighted by Crippen LogP contribution is -2.44. The fourth-order valence-corrected chi connectivity index (χ4v) is 4.30. The number of ether oxygens (including phenoxy) is 4. The van der Waals surface area contributed by atoms with Gasteiger partial charge in [0.15, 0.2) is 11.4 Å². The van der Waals surface area contributed by atoms with E-state index in [2.05, 4.69) is 10.3 Å². The van der Waals surface area contributed by atoms with Crippen molar-refractivity contribution in [2.75, 3.05) is 7.11 Å². The fraction of sp³-hybridized carbons (Fsp3) is 0.625. The third-order valence-corrected chi connectivity index (χ3v) is 6.15. The Morgan fingerprint density at radius 3 is 2.44 bits per heavy atom. The molecule has 0 spiro atoms. The summed E-state index contributed by atoms with van der Waals surface area (Å²) in [6.07, 6.45) is 6.11. The van der Waals surface area contributed by atoms with Gasteiger partial charge in [-0.05, 0) is 39.0 Å². The number of aromatic nitrogens is 1. The fourth-order valence-electron chi connectivity index (χ4n) is 4.30. The first-order valence-electron chi connectivity index (χ1n) is 11.7. The topological polar surface area (TPSA) is 130 Å². The number of rotatable bonds is 6. The molecule has 0 unspecified atom stereocenters. The Labute approximate surface area is 198 Å². The molecule has 10 nitrogen and oxygen atoms in total. The van der Waals surface area contributed by atoms with E-state index in [4.69, 9.17) is 18.9 Å². The first kappa shape index (κ1) is 25.5. The first-order chi connectivity index (χ1) is 16.3. The zero-order valence-electron chi connectivity index (χ0n) is 19.8. The third kappa shape index (κ3) is 6.45. The molecular formula is C24H32N2O8. The number of pyridine rings is 1. The molecular weight excluding hydrogens is 444 g/mol. The minimum Gasteiger partial charge on any atom is -0.493 e. The van der Waals surface area contributed by atoms with Gasteiger partial charge in [0.05, 0.1) is 13.0 Å². The van der Waals surface area contributed by atoms with Gasteiger partial charge < -0.3 is 24.3 Å². The van der Waals surface area contributed by atoms with Gasteiger partial charge in [0.1, 0.15) is 18.2 Å². The van der Waals surface area contributed by atoms with Crippen LogP contribution in [0, 0.1) is 5.92 Å². The smallest absolute Gasteiger partial charge is 0.329 e. The molecule has 2 heterocycles. The molecule has 1 N–H and O–H groups in total. The number of nitrogens with one attached hydrogen (secondary N) is 1. The molecule has 1 aromatic heterocycles. The van der Waals surface area contributed by atoms with Gasteiger partial charge in [-0.25, -0.2) is 9.78 Å². The second kappa shape index (κ2) is 11.8. The van der Waals surface area contributed by atoms with Crippen molar-refractivity contribution < 1.29 is 38.1 Å². The van der Waals surface area contributed by atoms with Crippen molar-refractivity contribution in [3.63, 3.8) is 0 Å². The average molecular weight is 477 g/mol. The Kier molecular flexibility index (Phi) is 8.84. The normalized spacial score (nSPS) is 23.6. The van der Waals surface area contributed by atoms with E-state index >= 15 is 0 Å². The first-order valence-corrected chi connectivity index (χ1v) is 11.7. The lowest BCUT2D eigenvalue weighted by atomic mass is 10.0. The van der Waals surface area contributed by atoms with Crippen LogP contribution in [0.1, 0.15) is 75.7 Å². The molecule has 0 aromatic carbocycles. The van der Waals surface area contributed by atoms with Crippen LogP contribution < -0.4 is 14.8 Å². The Bertz CT molecular complexity index is 912. The summed E-state index contributed by atoms with van der Waals surface area (Å²) in [5.74, 6) is -2.24. The molecule has 1 amide bonds. The van der Waals surface area contributed by atoms with Crippen LogP contribution in [0.25, 0.3) is 0 Å². The number of hydrogen-bond donors (Lipinski definition) is 1. The third-order valence-electron chi connectivity index (χ3n) is 6.15. The average Bonchev–Trinajstić information content (AvgIpc) is 3.35. The Balaban J connectivity index is 1.68. The van der Waals surface area contributed by atoms with Crippen molar-refractivity contribution in [1.29, 1.82) is 0 Å². The van der Waals surface area contributed by atoms with E-state index in [-0.39, 0.29) is 29.1 Å². The van der Waals surface area contributed by atoms with Crippen LogP contribution >= 0.6 is 0 Å². The highest BCUT2D eigenvalue weighted by Crippen LogP contribution is 2.30. The number of esters is 3. The second-order valence-corrected chi connectivity index (χ2v) is 8.69. The Morgan fingerprint density at radius 1 is 1.09 bits per heavy atom. The molecule has 1 saturated carbocycles. The number of methoxy groups -OCH3 is 1. The van der Waals surface area contributed by atoms with Crippen LogP contribution in [-0.4, -0.2) is 54.2 Å². The standard InChI is InChI=1S/C24H32N2O8/c1-14-18(34-23(29)16-8-4-5-9-16)11-7-6-10-17(24(30)32-14)26-22(28)20-21(33-15(2)27)19(31-3)12-13-25-20/h12-14,16-18H,4-11H2,1-3H3,(H,26,28)/t14-,17-,18+/m0/s1. The summed E-state index contributed by atoms with van der Waals surface area (Å²) in [4.78, 5) is 53.8. The zero-order valence-corrected chi connectivity index (χ0v) is 19.8. The van der Waals surface area contributed by atoms with Crippen LogP contribution in [0.3, 0.4) is 0 Å². The SMILES string of the molecule is COc1ccnc(C(=O)N[C@H]2CCCC[C@@H](OC(=O)C3CCCC3)[C@H](C)OC2=O)c1OC(C)=O. The van der Waals surface area contributed by atoms with Gasteiger partial charge in [-0.1, -0.05) is 19.3 Å². The van der Waals surface area contributed by atoms with E-state index in [0.29, 0.717) is 25.7 Å². The Hall–Kier alpha value is -3.17. The summed E-state index contributed by atoms with van der Waals surface area (Å²) in [7, 11) is 1.37. The summed E-state index contributed by atoms with van der Waals surface area (Å²) >= 11 is 0. The maximum absolute atomic E-state index is 13.0. The van der Waals surface area contributed by atoms with Gasteiger partial charge in [-0.3, -0.25) is 14.4 Å². The molecule has 1 aromatic rings. The molecule has 3 atom stereocenters. The Morgan fingerprint density at radius 2 is 1.76 bits per heavy atom. The van der Waals surface area contributed by atoms with Crippen molar-refractivity contribution in [3.8, 4) is 11.5 Å². The summed E-state index contributed by atoms with van der Waals surface area (Å²) in [5.41, 5.74) is -0.182. The predicted molar refractivity (Wildman–Crippen MR) is 119 cm³/mol. The molecule has 1 aliphatic carbocycles. The van der Waals surface area contributed by atoms with Gasteiger partial charge in [0.2, 0.25) is 5.75 Å². The molecule has 0 bridgehead atoms. The molecule has 2 fully saturated rings. The van der Waals surface area contributed by atoms with Gasteiger partial charge in [0, 0.05) is 19.2 Å². The van der Waals surface area contributed by atoms with Crippen LogP contribution in [0.2, 0.25) is 0 Å². The maximum atomic E-state index is 13.0. The van der Waals surface area contributed by atoms with E-state index in [9.17, 15) is 19.2 Å². The number of cyclic esters (lactones) is 1. The number of carbonyl (C=O) groups excluding carboxylic acids is 4. The molecule has 3 rings (SSSR count). The highest BCUT2D eigenvalue weighted by molar-refractivity contribution is 5.98. The van der Waals surface area contributed by atoms with Gasteiger partial charge >= 0.3 is 17.9 Å². The minimum absolute atomic E-state index is 0.0793. The molecule has 1 aliphatic heterocycles. The van der Waals surface area contributed by atoms with E-state index in [1.807, 2.05) is 0 Å². The highest BCUT2D eigenvalue weighted by atomic mass is 16.6. The predicted octanol–water partition coefficient (Wildman–Crippen LogP) is 2.72. The molecule has 1 saturated heterocycles. The van der Waals surface area contributed by atoms with Gasteiger partial charge in [0.25, 0.3) is 5.91 Å². The van der Waals surface area contributed by atoms with E-state index in [1.165, 1.54) is 26.3 Å². The lowest BCUT2D eigenvalue weighted by molar-refractivity contribution is -0.170. The van der Waals surface area contributed by atoms with Crippen LogP contribution in [-0.2, 0) is 23.9 Å². The summed E-state index contributed by atoms with van der Waals surface area (Å²) < 4.78 is 21.6. The van der Waals surface area contributed by atoms with Crippen LogP contribution in [0.15, 0.2) is 12.3 Å². The van der Waals surface area contributed by atoms with Crippen LogP contribution in [0.4, 0.5) is 0 Å². The maximum Gasteiger partial charge on any atom is 0.329 e. The molecule has 186 valence electrons. The van der Waals surface area contributed by atoms with E-state index < -0.39 is 36.1 Å². The molecule has 34 heavy (non-hydrogen) atoms. The van der Waals surface area contributed by atoms with Crippen molar-refractivity contribution >= 4 is 23.8 Å². The van der Waals surface area contributed by atoms with Crippen molar-refractivity contribution in [2.24, 2.45) is 5.92 Å². The molecule has 0 radical (unpaired) electrons. The lowest BCUT2D eigenvalue weighted by Gasteiger charge is -2.25. The van der Waals surface area contributed by atoms with Crippen molar-refractivity contribution in [1.82, 2.24) is 10.3 Å². The number of nitrogens with zero attached hydrogens (tertiary/aromatic N) is 1. The number of hydrogen-bond acceptors (Lipinski definition) is 9. The molecule has 2 aliphatic rings. The van der Waals surface area contributed by atoms with Crippen molar-refractivity contribution in [2.45, 2.75) is 83.5 Å². The number of amides is 1. The van der Waals surface area contributed by atoms with Gasteiger partial charge in [-0.15, -0.1) is 0 Å². The van der Waals surface area contributed by atoms with Gasteiger partial charge in [-0.2, -0.15) is 0 Å². The summed E-state index contributed by atoms with van der Waals surface area (Å²) in [6, 6.07) is 0.523.